The van der Waals surface area contributed by atoms with E-state index in [1.807, 2.05) is 37.3 Å². The van der Waals surface area contributed by atoms with E-state index in [0.717, 1.165) is 16.5 Å². The third-order valence-corrected chi connectivity index (χ3v) is 4.05. The molecule has 3 nitrogen and oxygen atoms in total. The summed E-state index contributed by atoms with van der Waals surface area (Å²) in [6.07, 6.45) is 0.820. The second kappa shape index (κ2) is 8.20. The second-order valence-electron chi connectivity index (χ2n) is 4.80. The maximum atomic E-state index is 12.1. The molecule has 2 aromatic rings. The van der Waals surface area contributed by atoms with Crippen LogP contribution in [0.15, 0.2) is 53.0 Å². The Morgan fingerprint density at radius 1 is 1.27 bits per heavy atom. The molecule has 0 saturated carbocycles. The number of ether oxygens (including phenoxy) is 1. The zero-order chi connectivity index (χ0) is 15.9. The van der Waals surface area contributed by atoms with Crippen LogP contribution in [0.3, 0.4) is 0 Å². The van der Waals surface area contributed by atoms with E-state index < -0.39 is 0 Å². The zero-order valence-corrected chi connectivity index (χ0v) is 14.5. The quantitative estimate of drug-likeness (QED) is 0.783. The van der Waals surface area contributed by atoms with E-state index in [-0.39, 0.29) is 18.6 Å². The monoisotopic (exact) mass is 381 g/mol. The first-order chi connectivity index (χ1) is 10.6. The van der Waals surface area contributed by atoms with Crippen molar-refractivity contribution in [3.05, 3.63) is 63.6 Å². The number of hydrogen-bond acceptors (Lipinski definition) is 2. The van der Waals surface area contributed by atoms with Gasteiger partial charge in [-0.2, -0.15) is 0 Å². The predicted molar refractivity (Wildman–Crippen MR) is 92.3 cm³/mol. The van der Waals surface area contributed by atoms with Crippen LogP contribution >= 0.6 is 27.5 Å². The van der Waals surface area contributed by atoms with E-state index in [1.165, 1.54) is 0 Å². The normalized spacial score (nSPS) is 11.8. The summed E-state index contributed by atoms with van der Waals surface area (Å²) in [6.45, 7) is 2.00. The van der Waals surface area contributed by atoms with Gasteiger partial charge >= 0.3 is 0 Å². The maximum Gasteiger partial charge on any atom is 0.258 e. The van der Waals surface area contributed by atoms with Crippen LogP contribution in [0, 0.1) is 0 Å². The molecular weight excluding hydrogens is 366 g/mol. The Bertz CT molecular complexity index is 634. The second-order valence-corrected chi connectivity index (χ2v) is 6.09. The lowest BCUT2D eigenvalue weighted by Crippen LogP contribution is -2.32. The number of carbonyl (C=O) groups is 1. The molecule has 0 aromatic heterocycles. The fourth-order valence-corrected chi connectivity index (χ4v) is 2.88. The Kier molecular flexibility index (Phi) is 6.28. The standard InChI is InChI=1S/C17H17BrClNO2/c1-2-15(12-6-4-3-5-7-12)20-17(21)11-22-16-9-8-13(19)10-14(16)18/h3-10,15H,2,11H2,1H3,(H,20,21)/t15-/m1/s1. The van der Waals surface area contributed by atoms with E-state index in [4.69, 9.17) is 16.3 Å². The van der Waals surface area contributed by atoms with E-state index in [2.05, 4.69) is 21.2 Å². The highest BCUT2D eigenvalue weighted by atomic mass is 79.9. The van der Waals surface area contributed by atoms with Crippen molar-refractivity contribution < 1.29 is 9.53 Å². The third-order valence-electron chi connectivity index (χ3n) is 3.20. The summed E-state index contributed by atoms with van der Waals surface area (Å²) >= 11 is 9.23. The highest BCUT2D eigenvalue weighted by Gasteiger charge is 2.13. The predicted octanol–water partition coefficient (Wildman–Crippen LogP) is 4.75. The molecule has 0 saturated heterocycles. The van der Waals surface area contributed by atoms with Gasteiger partial charge in [0.15, 0.2) is 6.61 Å². The first-order valence-corrected chi connectivity index (χ1v) is 8.19. The van der Waals surface area contributed by atoms with Crippen molar-refractivity contribution in [2.45, 2.75) is 19.4 Å². The molecule has 0 unspecified atom stereocenters. The fourth-order valence-electron chi connectivity index (χ4n) is 2.08. The average Bonchev–Trinajstić information content (AvgIpc) is 2.52. The Morgan fingerprint density at radius 2 is 2.00 bits per heavy atom. The van der Waals surface area contributed by atoms with Gasteiger partial charge in [-0.3, -0.25) is 4.79 Å². The summed E-state index contributed by atoms with van der Waals surface area (Å²) in [7, 11) is 0. The van der Waals surface area contributed by atoms with Crippen molar-refractivity contribution in [2.75, 3.05) is 6.61 Å². The van der Waals surface area contributed by atoms with Crippen LogP contribution in [-0.4, -0.2) is 12.5 Å². The van der Waals surface area contributed by atoms with E-state index in [9.17, 15) is 4.79 Å². The van der Waals surface area contributed by atoms with Crippen molar-refractivity contribution in [1.29, 1.82) is 0 Å². The summed E-state index contributed by atoms with van der Waals surface area (Å²) < 4.78 is 6.24. The summed E-state index contributed by atoms with van der Waals surface area (Å²) in [5.41, 5.74) is 1.09. The van der Waals surface area contributed by atoms with Crippen molar-refractivity contribution in [3.8, 4) is 5.75 Å². The molecule has 0 aliphatic carbocycles. The van der Waals surface area contributed by atoms with Crippen LogP contribution < -0.4 is 10.1 Å². The van der Waals surface area contributed by atoms with Crippen LogP contribution in [0.25, 0.3) is 0 Å². The minimum Gasteiger partial charge on any atom is -0.483 e. The number of nitrogens with one attached hydrogen (secondary N) is 1. The molecule has 0 radical (unpaired) electrons. The van der Waals surface area contributed by atoms with Gasteiger partial charge in [0.25, 0.3) is 5.91 Å². The van der Waals surface area contributed by atoms with E-state index >= 15 is 0 Å². The molecular formula is C17H17BrClNO2. The van der Waals surface area contributed by atoms with Gasteiger partial charge in [-0.1, -0.05) is 48.9 Å². The first kappa shape index (κ1) is 16.8. The van der Waals surface area contributed by atoms with Crippen LogP contribution in [0.5, 0.6) is 5.75 Å². The van der Waals surface area contributed by atoms with Crippen molar-refractivity contribution >= 4 is 33.4 Å². The molecule has 0 bridgehead atoms. The molecule has 1 amide bonds. The lowest BCUT2D eigenvalue weighted by Gasteiger charge is -2.17. The number of halogens is 2. The molecule has 2 rings (SSSR count). The number of hydrogen-bond donors (Lipinski definition) is 1. The van der Waals surface area contributed by atoms with Gasteiger partial charge < -0.3 is 10.1 Å². The number of amides is 1. The van der Waals surface area contributed by atoms with Crippen LogP contribution in [0.1, 0.15) is 24.9 Å². The molecule has 1 N–H and O–H groups in total. The van der Waals surface area contributed by atoms with Crippen molar-refractivity contribution in [1.82, 2.24) is 5.32 Å². The summed E-state index contributed by atoms with van der Waals surface area (Å²) in [6, 6.07) is 15.1. The van der Waals surface area contributed by atoms with Gasteiger partial charge in [0, 0.05) is 5.02 Å². The molecule has 0 spiro atoms. The highest BCUT2D eigenvalue weighted by molar-refractivity contribution is 9.10. The van der Waals surface area contributed by atoms with E-state index in [0.29, 0.717) is 10.8 Å². The van der Waals surface area contributed by atoms with Gasteiger partial charge in [-0.25, -0.2) is 0 Å². The number of carbonyl (C=O) groups excluding carboxylic acids is 1. The van der Waals surface area contributed by atoms with Crippen molar-refractivity contribution in [2.24, 2.45) is 0 Å². The zero-order valence-electron chi connectivity index (χ0n) is 12.2. The molecule has 116 valence electrons. The molecule has 5 heteroatoms. The molecule has 0 aliphatic rings. The Hall–Kier alpha value is -1.52. The van der Waals surface area contributed by atoms with Gasteiger partial charge in [-0.15, -0.1) is 0 Å². The Balaban J connectivity index is 1.92. The van der Waals surface area contributed by atoms with Crippen LogP contribution in [0.4, 0.5) is 0 Å². The fraction of sp³-hybridized carbons (Fsp3) is 0.235. The molecule has 0 heterocycles. The summed E-state index contributed by atoms with van der Waals surface area (Å²) in [5, 5.41) is 3.59. The lowest BCUT2D eigenvalue weighted by molar-refractivity contribution is -0.123. The SMILES string of the molecule is CC[C@@H](NC(=O)COc1ccc(Cl)cc1Br)c1ccccc1. The molecule has 0 aliphatic heterocycles. The largest absolute Gasteiger partial charge is 0.483 e. The van der Waals surface area contributed by atoms with Gasteiger partial charge in [0.1, 0.15) is 5.75 Å². The summed E-state index contributed by atoms with van der Waals surface area (Å²) in [4.78, 5) is 12.1. The average molecular weight is 383 g/mol. The summed E-state index contributed by atoms with van der Waals surface area (Å²) in [5.74, 6) is 0.435. The smallest absolute Gasteiger partial charge is 0.258 e. The molecule has 0 fully saturated rings. The van der Waals surface area contributed by atoms with Crippen molar-refractivity contribution in [3.63, 3.8) is 0 Å². The van der Waals surface area contributed by atoms with E-state index in [1.54, 1.807) is 18.2 Å². The number of rotatable bonds is 6. The molecule has 22 heavy (non-hydrogen) atoms. The van der Waals surface area contributed by atoms with Gasteiger partial charge in [0.05, 0.1) is 10.5 Å². The molecule has 1 atom stereocenters. The lowest BCUT2D eigenvalue weighted by atomic mass is 10.0. The minimum atomic E-state index is -0.155. The maximum absolute atomic E-state index is 12.1. The van der Waals surface area contributed by atoms with Crippen LogP contribution in [0.2, 0.25) is 5.02 Å². The van der Waals surface area contributed by atoms with Crippen LogP contribution in [-0.2, 0) is 4.79 Å². The number of benzene rings is 2. The Labute approximate surface area is 143 Å². The highest BCUT2D eigenvalue weighted by Crippen LogP contribution is 2.27. The minimum absolute atomic E-state index is 0.00837. The van der Waals surface area contributed by atoms with Gasteiger partial charge in [0.2, 0.25) is 0 Å². The molecule has 2 aromatic carbocycles. The first-order valence-electron chi connectivity index (χ1n) is 7.02. The topological polar surface area (TPSA) is 38.3 Å². The van der Waals surface area contributed by atoms with Gasteiger partial charge in [-0.05, 0) is 46.1 Å². The Morgan fingerprint density at radius 3 is 2.64 bits per heavy atom. The third kappa shape index (κ3) is 4.75.